The molecule has 0 aliphatic carbocycles. The molecule has 5 nitrogen and oxygen atoms in total. The van der Waals surface area contributed by atoms with Crippen LogP contribution in [0.1, 0.15) is 26.3 Å². The number of guanidine groups is 1. The summed E-state index contributed by atoms with van der Waals surface area (Å²) < 4.78 is 5.44. The van der Waals surface area contributed by atoms with E-state index in [9.17, 15) is 0 Å². The van der Waals surface area contributed by atoms with E-state index in [1.54, 1.807) is 13.3 Å². The molecule has 1 fully saturated rings. The number of pyridine rings is 1. The predicted octanol–water partition coefficient (Wildman–Crippen LogP) is 3.00. The van der Waals surface area contributed by atoms with Gasteiger partial charge in [0.05, 0.1) is 13.7 Å². The van der Waals surface area contributed by atoms with Crippen molar-refractivity contribution in [2.45, 2.75) is 32.1 Å². The molecule has 0 radical (unpaired) electrons. The summed E-state index contributed by atoms with van der Waals surface area (Å²) in [4.78, 5) is 11.3. The molecule has 0 unspecified atom stereocenters. The molecule has 23 heavy (non-hydrogen) atoms. The lowest BCUT2D eigenvalue weighted by Gasteiger charge is -2.39. The van der Waals surface area contributed by atoms with Crippen LogP contribution in [0.3, 0.4) is 0 Å². The highest BCUT2D eigenvalue weighted by Crippen LogP contribution is 2.29. The van der Waals surface area contributed by atoms with E-state index in [-0.39, 0.29) is 28.7 Å². The van der Waals surface area contributed by atoms with Gasteiger partial charge in [-0.3, -0.25) is 0 Å². The number of aliphatic imine (C=N–C) groups is 1. The van der Waals surface area contributed by atoms with Crippen LogP contribution in [0, 0.1) is 0 Å². The lowest BCUT2D eigenvalue weighted by atomic mass is 10.2. The van der Waals surface area contributed by atoms with Crippen molar-refractivity contribution < 1.29 is 4.74 Å². The second kappa shape index (κ2) is 9.56. The van der Waals surface area contributed by atoms with E-state index >= 15 is 0 Å². The highest BCUT2D eigenvalue weighted by atomic mass is 127. The zero-order valence-corrected chi connectivity index (χ0v) is 17.5. The Morgan fingerprint density at radius 3 is 2.96 bits per heavy atom. The standard InChI is InChI=1S/C16H26N4OS.HI/c1-5-17-15(20-8-9-22-16(2,3)12-20)19-11-13-6-7-18-14(10-13)21-4;/h6-7,10H,5,8-9,11-12H2,1-4H3,(H,17,19);1H. The monoisotopic (exact) mass is 450 g/mol. The fourth-order valence-corrected chi connectivity index (χ4v) is 3.56. The van der Waals surface area contributed by atoms with Gasteiger partial charge in [-0.25, -0.2) is 9.98 Å². The average Bonchev–Trinajstić information content (AvgIpc) is 2.50. The third kappa shape index (κ3) is 6.37. The van der Waals surface area contributed by atoms with Gasteiger partial charge in [0.1, 0.15) is 0 Å². The van der Waals surface area contributed by atoms with Crippen LogP contribution in [0.15, 0.2) is 23.3 Å². The maximum absolute atomic E-state index is 5.16. The van der Waals surface area contributed by atoms with Crippen LogP contribution < -0.4 is 10.1 Å². The van der Waals surface area contributed by atoms with Gasteiger partial charge in [0.25, 0.3) is 0 Å². The van der Waals surface area contributed by atoms with E-state index in [0.717, 1.165) is 36.9 Å². The third-order valence-electron chi connectivity index (χ3n) is 3.48. The zero-order chi connectivity index (χ0) is 16.0. The Kier molecular flexibility index (Phi) is 8.46. The van der Waals surface area contributed by atoms with Crippen LogP contribution in [0.25, 0.3) is 0 Å². The first-order valence-electron chi connectivity index (χ1n) is 7.70. The Hall–Kier alpha value is -0.700. The number of aromatic nitrogens is 1. The largest absolute Gasteiger partial charge is 0.481 e. The molecule has 0 amide bonds. The van der Waals surface area contributed by atoms with Crippen LogP contribution >= 0.6 is 35.7 Å². The van der Waals surface area contributed by atoms with Crippen molar-refractivity contribution in [1.29, 1.82) is 0 Å². The summed E-state index contributed by atoms with van der Waals surface area (Å²) in [5, 5.41) is 3.41. The first-order chi connectivity index (χ1) is 10.5. The molecule has 7 heteroatoms. The van der Waals surface area contributed by atoms with Gasteiger partial charge in [-0.15, -0.1) is 24.0 Å². The van der Waals surface area contributed by atoms with Gasteiger partial charge in [0.15, 0.2) is 5.96 Å². The number of thioether (sulfide) groups is 1. The van der Waals surface area contributed by atoms with Crippen LogP contribution in [-0.4, -0.2) is 53.1 Å². The molecule has 0 spiro atoms. The Balaban J connectivity index is 0.00000264. The van der Waals surface area contributed by atoms with Gasteiger partial charge in [0, 0.05) is 42.4 Å². The number of nitrogens with zero attached hydrogens (tertiary/aromatic N) is 3. The predicted molar refractivity (Wildman–Crippen MR) is 109 cm³/mol. The SMILES string of the molecule is CCNC(=NCc1ccnc(OC)c1)N1CCSC(C)(C)C1.I. The maximum atomic E-state index is 5.16. The van der Waals surface area contributed by atoms with Crippen molar-refractivity contribution >= 4 is 41.7 Å². The summed E-state index contributed by atoms with van der Waals surface area (Å²) in [6, 6.07) is 3.91. The fraction of sp³-hybridized carbons (Fsp3) is 0.625. The first kappa shape index (κ1) is 20.3. The molecule has 1 aliphatic heterocycles. The Morgan fingerprint density at radius 2 is 2.30 bits per heavy atom. The van der Waals surface area contributed by atoms with Crippen LogP contribution in [0.4, 0.5) is 0 Å². The molecule has 0 aromatic carbocycles. The number of ether oxygens (including phenoxy) is 1. The summed E-state index contributed by atoms with van der Waals surface area (Å²) in [5.74, 6) is 2.76. The minimum absolute atomic E-state index is 0. The van der Waals surface area contributed by atoms with Crippen molar-refractivity contribution in [1.82, 2.24) is 15.2 Å². The van der Waals surface area contributed by atoms with Gasteiger partial charge < -0.3 is 15.0 Å². The van der Waals surface area contributed by atoms with Gasteiger partial charge in [-0.2, -0.15) is 11.8 Å². The molecule has 0 bridgehead atoms. The maximum Gasteiger partial charge on any atom is 0.213 e. The Bertz CT molecular complexity index is 525. The van der Waals surface area contributed by atoms with Crippen molar-refractivity contribution in [2.24, 2.45) is 4.99 Å². The number of halogens is 1. The van der Waals surface area contributed by atoms with Crippen LogP contribution in [-0.2, 0) is 6.54 Å². The van der Waals surface area contributed by atoms with E-state index in [1.165, 1.54) is 0 Å². The molecule has 0 saturated carbocycles. The summed E-state index contributed by atoms with van der Waals surface area (Å²) in [6.45, 7) is 10.3. The minimum Gasteiger partial charge on any atom is -0.481 e. The van der Waals surface area contributed by atoms with E-state index in [2.05, 4.69) is 36.0 Å². The average molecular weight is 450 g/mol. The lowest BCUT2D eigenvalue weighted by molar-refractivity contribution is 0.375. The van der Waals surface area contributed by atoms with Crippen molar-refractivity contribution in [3.63, 3.8) is 0 Å². The first-order valence-corrected chi connectivity index (χ1v) is 8.69. The molecular formula is C16H27IN4OS. The third-order valence-corrected chi connectivity index (χ3v) is 4.78. The van der Waals surface area contributed by atoms with Gasteiger partial charge >= 0.3 is 0 Å². The molecule has 130 valence electrons. The molecule has 1 aliphatic rings. The lowest BCUT2D eigenvalue weighted by Crippen LogP contribution is -2.50. The van der Waals surface area contributed by atoms with Gasteiger partial charge in [0.2, 0.25) is 5.88 Å². The highest BCUT2D eigenvalue weighted by Gasteiger charge is 2.28. The fourth-order valence-electron chi connectivity index (χ4n) is 2.45. The number of hydrogen-bond acceptors (Lipinski definition) is 4. The van der Waals surface area contributed by atoms with Crippen molar-refractivity contribution in [2.75, 3.05) is 32.5 Å². The van der Waals surface area contributed by atoms with Crippen LogP contribution in [0.2, 0.25) is 0 Å². The minimum atomic E-state index is 0. The molecule has 1 aromatic rings. The molecule has 2 heterocycles. The summed E-state index contributed by atoms with van der Waals surface area (Å²) in [5.41, 5.74) is 1.10. The second-order valence-corrected chi connectivity index (χ2v) is 7.71. The Morgan fingerprint density at radius 1 is 1.52 bits per heavy atom. The van der Waals surface area contributed by atoms with Gasteiger partial charge in [-0.05, 0) is 32.4 Å². The molecule has 1 N–H and O–H groups in total. The van der Waals surface area contributed by atoms with E-state index < -0.39 is 0 Å². The number of hydrogen-bond donors (Lipinski definition) is 1. The van der Waals surface area contributed by atoms with E-state index in [0.29, 0.717) is 12.4 Å². The van der Waals surface area contributed by atoms with E-state index in [1.807, 2.05) is 23.9 Å². The molecule has 0 atom stereocenters. The van der Waals surface area contributed by atoms with Crippen molar-refractivity contribution in [3.05, 3.63) is 23.9 Å². The van der Waals surface area contributed by atoms with Crippen LogP contribution in [0.5, 0.6) is 5.88 Å². The molecule has 1 aromatic heterocycles. The summed E-state index contributed by atoms with van der Waals surface area (Å²) >= 11 is 2.03. The molecule has 1 saturated heterocycles. The zero-order valence-electron chi connectivity index (χ0n) is 14.3. The molecule has 2 rings (SSSR count). The molecular weight excluding hydrogens is 423 g/mol. The second-order valence-electron chi connectivity index (χ2n) is 5.91. The smallest absolute Gasteiger partial charge is 0.213 e. The topological polar surface area (TPSA) is 49.8 Å². The normalized spacial score (nSPS) is 17.4. The number of methoxy groups -OCH3 is 1. The number of rotatable bonds is 4. The number of nitrogens with one attached hydrogen (secondary N) is 1. The van der Waals surface area contributed by atoms with Crippen molar-refractivity contribution in [3.8, 4) is 5.88 Å². The highest BCUT2D eigenvalue weighted by molar-refractivity contribution is 14.0. The van der Waals surface area contributed by atoms with E-state index in [4.69, 9.17) is 9.73 Å². The summed E-state index contributed by atoms with van der Waals surface area (Å²) in [6.07, 6.45) is 1.76. The Labute approximate surface area is 160 Å². The quantitative estimate of drug-likeness (QED) is 0.434. The van der Waals surface area contributed by atoms with Gasteiger partial charge in [-0.1, -0.05) is 0 Å². The summed E-state index contributed by atoms with van der Waals surface area (Å²) in [7, 11) is 1.63.